The van der Waals surface area contributed by atoms with Crippen LogP contribution in [-0.2, 0) is 17.9 Å². The van der Waals surface area contributed by atoms with Crippen LogP contribution >= 0.6 is 0 Å². The van der Waals surface area contributed by atoms with Crippen molar-refractivity contribution in [1.29, 1.82) is 0 Å². The fourth-order valence-corrected chi connectivity index (χ4v) is 3.35. The van der Waals surface area contributed by atoms with Crippen molar-refractivity contribution in [3.05, 3.63) is 71.0 Å². The van der Waals surface area contributed by atoms with Crippen LogP contribution in [0.5, 0.6) is 0 Å². The van der Waals surface area contributed by atoms with Crippen molar-refractivity contribution >= 4 is 11.8 Å². The molecular weight excluding hydrogens is 373 g/mol. The molecule has 2 aromatic rings. The van der Waals surface area contributed by atoms with Gasteiger partial charge in [-0.15, -0.1) is 0 Å². The molecule has 1 saturated heterocycles. The van der Waals surface area contributed by atoms with Crippen molar-refractivity contribution in [2.75, 3.05) is 19.6 Å². The van der Waals surface area contributed by atoms with Crippen LogP contribution in [0.25, 0.3) is 0 Å². The van der Waals surface area contributed by atoms with E-state index in [-0.39, 0.29) is 24.1 Å². The normalized spacial score (nSPS) is 15.1. The molecule has 0 radical (unpaired) electrons. The SMILES string of the molecule is O=C(CNC(=O)c1cccc(F)c1)NCc1ccccc1CN1CCC(O)CC1. The molecule has 1 aliphatic rings. The lowest BCUT2D eigenvalue weighted by Gasteiger charge is -2.30. The first-order chi connectivity index (χ1) is 14.0. The highest BCUT2D eigenvalue weighted by Crippen LogP contribution is 2.16. The van der Waals surface area contributed by atoms with E-state index >= 15 is 0 Å². The molecule has 7 heteroatoms. The van der Waals surface area contributed by atoms with Crippen molar-refractivity contribution < 1.29 is 19.1 Å². The van der Waals surface area contributed by atoms with Crippen molar-refractivity contribution in [2.45, 2.75) is 32.0 Å². The van der Waals surface area contributed by atoms with Crippen LogP contribution in [0.15, 0.2) is 48.5 Å². The van der Waals surface area contributed by atoms with Gasteiger partial charge in [0.2, 0.25) is 5.91 Å². The number of benzene rings is 2. The number of carbonyl (C=O) groups excluding carboxylic acids is 2. The molecular formula is C22H26FN3O3. The van der Waals surface area contributed by atoms with E-state index in [1.165, 1.54) is 18.2 Å². The summed E-state index contributed by atoms with van der Waals surface area (Å²) in [5.41, 5.74) is 2.33. The lowest BCUT2D eigenvalue weighted by atomic mass is 10.0. The molecule has 29 heavy (non-hydrogen) atoms. The summed E-state index contributed by atoms with van der Waals surface area (Å²) in [4.78, 5) is 26.4. The maximum Gasteiger partial charge on any atom is 0.251 e. The summed E-state index contributed by atoms with van der Waals surface area (Å²) in [6.45, 7) is 2.67. The zero-order valence-corrected chi connectivity index (χ0v) is 16.2. The number of aliphatic hydroxyl groups excluding tert-OH is 1. The Morgan fingerprint density at radius 2 is 1.76 bits per heavy atom. The zero-order valence-electron chi connectivity index (χ0n) is 16.2. The van der Waals surface area contributed by atoms with Gasteiger partial charge < -0.3 is 15.7 Å². The molecule has 3 N–H and O–H groups in total. The fraction of sp³-hybridized carbons (Fsp3) is 0.364. The molecule has 0 aromatic heterocycles. The summed E-state index contributed by atoms with van der Waals surface area (Å²) in [6.07, 6.45) is 1.36. The summed E-state index contributed by atoms with van der Waals surface area (Å²) in [6, 6.07) is 13.2. The van der Waals surface area contributed by atoms with Gasteiger partial charge in [-0.05, 0) is 42.2 Å². The van der Waals surface area contributed by atoms with E-state index in [4.69, 9.17) is 0 Å². The molecule has 6 nitrogen and oxygen atoms in total. The minimum atomic E-state index is -0.498. The first-order valence-electron chi connectivity index (χ1n) is 9.79. The largest absolute Gasteiger partial charge is 0.393 e. The number of carbonyl (C=O) groups is 2. The highest BCUT2D eigenvalue weighted by molar-refractivity contribution is 5.96. The number of nitrogens with one attached hydrogen (secondary N) is 2. The van der Waals surface area contributed by atoms with E-state index in [2.05, 4.69) is 15.5 Å². The molecule has 154 valence electrons. The third kappa shape index (κ3) is 6.37. The van der Waals surface area contributed by atoms with Gasteiger partial charge in [0.25, 0.3) is 5.91 Å². The van der Waals surface area contributed by atoms with Gasteiger partial charge in [0.15, 0.2) is 0 Å². The second-order valence-electron chi connectivity index (χ2n) is 7.25. The first kappa shape index (κ1) is 21.0. The maximum atomic E-state index is 13.2. The molecule has 1 heterocycles. The number of likely N-dealkylation sites (tertiary alicyclic amines) is 1. The van der Waals surface area contributed by atoms with Gasteiger partial charge in [0.05, 0.1) is 12.6 Å². The molecule has 0 saturated carbocycles. The number of hydrogen-bond acceptors (Lipinski definition) is 4. The van der Waals surface area contributed by atoms with E-state index < -0.39 is 11.7 Å². The minimum absolute atomic E-state index is 0.176. The van der Waals surface area contributed by atoms with Crippen molar-refractivity contribution in [2.24, 2.45) is 0 Å². The van der Waals surface area contributed by atoms with Crippen LogP contribution in [0.4, 0.5) is 4.39 Å². The van der Waals surface area contributed by atoms with Gasteiger partial charge in [-0.3, -0.25) is 14.5 Å². The predicted octanol–water partition coefficient (Wildman–Crippen LogP) is 1.83. The fourth-order valence-electron chi connectivity index (χ4n) is 3.35. The molecule has 1 fully saturated rings. The number of rotatable bonds is 7. The van der Waals surface area contributed by atoms with Gasteiger partial charge in [-0.2, -0.15) is 0 Å². The molecule has 0 spiro atoms. The van der Waals surface area contributed by atoms with Crippen molar-refractivity contribution in [3.8, 4) is 0 Å². The van der Waals surface area contributed by atoms with Crippen LogP contribution in [0.3, 0.4) is 0 Å². The topological polar surface area (TPSA) is 81.7 Å². The quantitative estimate of drug-likeness (QED) is 0.664. The standard InChI is InChI=1S/C22H26FN3O3/c23-19-7-3-6-16(12-19)22(29)25-14-21(28)24-13-17-4-1-2-5-18(17)15-26-10-8-20(27)9-11-26/h1-7,12,20,27H,8-11,13-15H2,(H,24,28)(H,25,29). The van der Waals surface area contributed by atoms with Crippen LogP contribution < -0.4 is 10.6 Å². The van der Waals surface area contributed by atoms with E-state index in [1.54, 1.807) is 0 Å². The molecule has 3 rings (SSSR count). The van der Waals surface area contributed by atoms with Gasteiger partial charge in [0, 0.05) is 31.7 Å². The highest BCUT2D eigenvalue weighted by Gasteiger charge is 2.18. The molecule has 0 unspecified atom stereocenters. The van der Waals surface area contributed by atoms with Crippen LogP contribution in [0.1, 0.15) is 34.3 Å². The van der Waals surface area contributed by atoms with E-state index in [0.29, 0.717) is 6.54 Å². The third-order valence-electron chi connectivity index (χ3n) is 5.04. The van der Waals surface area contributed by atoms with Crippen LogP contribution in [0.2, 0.25) is 0 Å². The lowest BCUT2D eigenvalue weighted by Crippen LogP contribution is -2.37. The highest BCUT2D eigenvalue weighted by atomic mass is 19.1. The number of amides is 2. The molecule has 0 bridgehead atoms. The predicted molar refractivity (Wildman–Crippen MR) is 108 cm³/mol. The number of aliphatic hydroxyl groups is 1. The zero-order chi connectivity index (χ0) is 20.6. The van der Waals surface area contributed by atoms with Gasteiger partial charge in [-0.1, -0.05) is 30.3 Å². The Hall–Kier alpha value is -2.77. The number of piperidine rings is 1. The first-order valence-corrected chi connectivity index (χ1v) is 9.79. The number of nitrogens with zero attached hydrogens (tertiary/aromatic N) is 1. The smallest absolute Gasteiger partial charge is 0.251 e. The Morgan fingerprint density at radius 3 is 2.48 bits per heavy atom. The van der Waals surface area contributed by atoms with Crippen molar-refractivity contribution in [3.63, 3.8) is 0 Å². The Kier molecular flexibility index (Phi) is 7.32. The molecule has 1 aliphatic heterocycles. The van der Waals surface area contributed by atoms with E-state index in [1.807, 2.05) is 24.3 Å². The summed E-state index contributed by atoms with van der Waals surface area (Å²) < 4.78 is 13.2. The van der Waals surface area contributed by atoms with E-state index in [9.17, 15) is 19.1 Å². The monoisotopic (exact) mass is 399 g/mol. The van der Waals surface area contributed by atoms with Gasteiger partial charge >= 0.3 is 0 Å². The second kappa shape index (κ2) is 10.1. The molecule has 2 aromatic carbocycles. The maximum absolute atomic E-state index is 13.2. The van der Waals surface area contributed by atoms with Crippen molar-refractivity contribution in [1.82, 2.24) is 15.5 Å². The van der Waals surface area contributed by atoms with Crippen LogP contribution in [0, 0.1) is 5.82 Å². The average Bonchev–Trinajstić information content (AvgIpc) is 2.73. The summed E-state index contributed by atoms with van der Waals surface area (Å²) in [7, 11) is 0. The van der Waals surface area contributed by atoms with E-state index in [0.717, 1.165) is 49.7 Å². The number of halogens is 1. The van der Waals surface area contributed by atoms with Crippen LogP contribution in [-0.4, -0.2) is 47.6 Å². The van der Waals surface area contributed by atoms with Gasteiger partial charge in [0.1, 0.15) is 5.82 Å². The summed E-state index contributed by atoms with van der Waals surface area (Å²) in [5, 5.41) is 15.0. The second-order valence-corrected chi connectivity index (χ2v) is 7.25. The molecule has 0 aliphatic carbocycles. The Bertz CT molecular complexity index is 851. The third-order valence-corrected chi connectivity index (χ3v) is 5.04. The summed E-state index contributed by atoms with van der Waals surface area (Å²) >= 11 is 0. The Morgan fingerprint density at radius 1 is 1.03 bits per heavy atom. The summed E-state index contributed by atoms with van der Waals surface area (Å²) in [5.74, 6) is -1.31. The Labute approximate surface area is 169 Å². The lowest BCUT2D eigenvalue weighted by molar-refractivity contribution is -0.120. The van der Waals surface area contributed by atoms with Gasteiger partial charge in [-0.25, -0.2) is 4.39 Å². The average molecular weight is 399 g/mol. The molecule has 0 atom stereocenters. The number of hydrogen-bond donors (Lipinski definition) is 3. The molecule has 2 amide bonds. The Balaban J connectivity index is 1.48. The minimum Gasteiger partial charge on any atom is -0.393 e.